The zero-order chi connectivity index (χ0) is 25.4. The molecule has 1 spiro atoms. The monoisotopic (exact) mass is 523 g/mol. The Kier molecular flexibility index (Phi) is 9.49. The van der Waals surface area contributed by atoms with Crippen LogP contribution in [0.4, 0.5) is 0 Å². The van der Waals surface area contributed by atoms with E-state index in [0.29, 0.717) is 17.5 Å². The maximum absolute atomic E-state index is 12.7. The average Bonchev–Trinajstić information content (AvgIpc) is 3.54. The second-order valence-electron chi connectivity index (χ2n) is 9.30. The first-order valence-electron chi connectivity index (χ1n) is 12.5. The van der Waals surface area contributed by atoms with Gasteiger partial charge in [-0.3, -0.25) is 4.79 Å². The van der Waals surface area contributed by atoms with E-state index in [1.54, 1.807) is 18.8 Å². The van der Waals surface area contributed by atoms with Gasteiger partial charge in [-0.15, -0.1) is 11.8 Å². The minimum Gasteiger partial charge on any atom is -0.359 e. The lowest BCUT2D eigenvalue weighted by atomic mass is 9.87. The van der Waals surface area contributed by atoms with Gasteiger partial charge in [0.05, 0.1) is 17.5 Å². The SMILES string of the molecule is CNC(=O)C(C[C@H]1CCC2(C1)OC[C@@H](c1ccccc1)O2)c1ccc(SC)c(Cl)c1.c1ccccc1. The van der Waals surface area contributed by atoms with Crippen LogP contribution in [0.1, 0.15) is 48.8 Å². The molecule has 1 aliphatic heterocycles. The van der Waals surface area contributed by atoms with E-state index in [-0.39, 0.29) is 17.9 Å². The molecular weight excluding hydrogens is 490 g/mol. The van der Waals surface area contributed by atoms with E-state index >= 15 is 0 Å². The van der Waals surface area contributed by atoms with Gasteiger partial charge in [-0.1, -0.05) is 84.4 Å². The van der Waals surface area contributed by atoms with Crippen LogP contribution in [0.5, 0.6) is 0 Å². The second-order valence-corrected chi connectivity index (χ2v) is 10.6. The lowest BCUT2D eigenvalue weighted by molar-refractivity contribution is -0.165. The first kappa shape index (κ1) is 26.7. The topological polar surface area (TPSA) is 47.6 Å². The minimum atomic E-state index is -0.515. The van der Waals surface area contributed by atoms with Crippen LogP contribution in [0.3, 0.4) is 0 Å². The number of carbonyl (C=O) groups is 1. The number of halogens is 1. The molecule has 1 saturated carbocycles. The van der Waals surface area contributed by atoms with Crippen molar-refractivity contribution in [2.45, 2.75) is 48.4 Å². The van der Waals surface area contributed by atoms with Crippen LogP contribution in [0, 0.1) is 5.92 Å². The molecule has 1 heterocycles. The summed E-state index contributed by atoms with van der Waals surface area (Å²) in [6.45, 7) is 0.585. The molecule has 1 saturated heterocycles. The summed E-state index contributed by atoms with van der Waals surface area (Å²) in [6, 6.07) is 28.2. The summed E-state index contributed by atoms with van der Waals surface area (Å²) >= 11 is 8.03. The Morgan fingerprint density at radius 2 is 1.75 bits per heavy atom. The lowest BCUT2D eigenvalue weighted by Gasteiger charge is -2.24. The van der Waals surface area contributed by atoms with E-state index < -0.39 is 5.79 Å². The van der Waals surface area contributed by atoms with Gasteiger partial charge < -0.3 is 14.8 Å². The fraction of sp³-hybridized carbons (Fsp3) is 0.367. The summed E-state index contributed by atoms with van der Waals surface area (Å²) in [5, 5.41) is 3.52. The fourth-order valence-corrected chi connectivity index (χ4v) is 5.96. The van der Waals surface area contributed by atoms with Crippen LogP contribution < -0.4 is 5.32 Å². The van der Waals surface area contributed by atoms with Gasteiger partial charge in [-0.25, -0.2) is 0 Å². The molecule has 6 heteroatoms. The summed E-state index contributed by atoms with van der Waals surface area (Å²) in [4.78, 5) is 13.7. The molecule has 3 aromatic rings. The summed E-state index contributed by atoms with van der Waals surface area (Å²) in [5.74, 6) is -0.353. The van der Waals surface area contributed by atoms with Gasteiger partial charge in [-0.05, 0) is 48.3 Å². The van der Waals surface area contributed by atoms with Gasteiger partial charge in [0.25, 0.3) is 0 Å². The third-order valence-corrected chi connectivity index (χ3v) is 8.16. The number of amides is 1. The van der Waals surface area contributed by atoms with Crippen LogP contribution in [0.25, 0.3) is 0 Å². The highest BCUT2D eigenvalue weighted by Crippen LogP contribution is 2.48. The van der Waals surface area contributed by atoms with Crippen molar-refractivity contribution >= 4 is 29.3 Å². The van der Waals surface area contributed by atoms with E-state index in [2.05, 4.69) is 17.4 Å². The van der Waals surface area contributed by atoms with Crippen molar-refractivity contribution in [3.8, 4) is 0 Å². The molecule has 5 rings (SSSR count). The van der Waals surface area contributed by atoms with E-state index in [1.807, 2.05) is 79.1 Å². The van der Waals surface area contributed by atoms with Crippen molar-refractivity contribution in [2.24, 2.45) is 5.92 Å². The molecule has 0 bridgehead atoms. The lowest BCUT2D eigenvalue weighted by Crippen LogP contribution is -2.29. The fourth-order valence-electron chi connectivity index (χ4n) is 5.08. The smallest absolute Gasteiger partial charge is 0.227 e. The zero-order valence-corrected chi connectivity index (χ0v) is 22.4. The van der Waals surface area contributed by atoms with E-state index in [1.165, 1.54) is 0 Å². The van der Waals surface area contributed by atoms with E-state index in [0.717, 1.165) is 41.7 Å². The normalized spacial score (nSPS) is 23.6. The van der Waals surface area contributed by atoms with Gasteiger partial charge in [0, 0.05) is 24.8 Å². The predicted octanol–water partition coefficient (Wildman–Crippen LogP) is 7.25. The molecule has 0 radical (unpaired) electrons. The van der Waals surface area contributed by atoms with Crippen molar-refractivity contribution < 1.29 is 14.3 Å². The van der Waals surface area contributed by atoms with Gasteiger partial charge in [0.15, 0.2) is 5.79 Å². The molecule has 2 unspecified atom stereocenters. The first-order chi connectivity index (χ1) is 17.5. The number of benzene rings is 3. The third-order valence-electron chi connectivity index (χ3n) is 6.94. The molecule has 4 nitrogen and oxygen atoms in total. The van der Waals surface area contributed by atoms with Crippen molar-refractivity contribution in [1.29, 1.82) is 0 Å². The summed E-state index contributed by atoms with van der Waals surface area (Å²) in [6.07, 6.45) is 5.43. The molecule has 2 aliphatic rings. The third kappa shape index (κ3) is 6.71. The Labute approximate surface area is 223 Å². The molecule has 4 atom stereocenters. The Balaban J connectivity index is 0.000000445. The number of rotatable bonds is 6. The molecule has 0 aromatic heterocycles. The van der Waals surface area contributed by atoms with Crippen LogP contribution in [-0.2, 0) is 14.3 Å². The summed E-state index contributed by atoms with van der Waals surface area (Å²) < 4.78 is 12.6. The molecule has 36 heavy (non-hydrogen) atoms. The zero-order valence-electron chi connectivity index (χ0n) is 20.9. The summed E-state index contributed by atoms with van der Waals surface area (Å²) in [7, 11) is 1.69. The number of hydrogen-bond donors (Lipinski definition) is 1. The second kappa shape index (κ2) is 12.8. The number of carbonyl (C=O) groups excluding carboxylic acids is 1. The largest absolute Gasteiger partial charge is 0.359 e. The first-order valence-corrected chi connectivity index (χ1v) is 14.1. The molecule has 2 fully saturated rings. The standard InChI is InChI=1S/C24H28ClNO3S.C6H6/c1-26-23(27)19(18-8-9-22(30-2)20(25)13-18)12-16-10-11-24(14-16)28-15-21(29-24)17-6-4-3-5-7-17;1-2-4-6-5-3-1/h3-9,13,16,19,21H,10-12,14-15H2,1-2H3,(H,26,27);1-6H/t16-,19?,21+,24?;/m1./s1. The molecule has 3 aromatic carbocycles. The Bertz CT molecular complexity index is 1090. The van der Waals surface area contributed by atoms with Crippen LogP contribution >= 0.6 is 23.4 Å². The number of ether oxygens (including phenoxy) is 2. The van der Waals surface area contributed by atoms with Crippen LogP contribution in [-0.4, -0.2) is 31.6 Å². The van der Waals surface area contributed by atoms with Gasteiger partial charge in [0.2, 0.25) is 5.91 Å². The Morgan fingerprint density at radius 3 is 2.36 bits per heavy atom. The molecule has 1 amide bonds. The quantitative estimate of drug-likeness (QED) is 0.345. The van der Waals surface area contributed by atoms with Crippen molar-refractivity contribution in [3.05, 3.63) is 101 Å². The average molecular weight is 524 g/mol. The Hall–Kier alpha value is -2.31. The maximum Gasteiger partial charge on any atom is 0.227 e. The molecular formula is C30H34ClNO3S. The van der Waals surface area contributed by atoms with Gasteiger partial charge in [-0.2, -0.15) is 0 Å². The summed E-state index contributed by atoms with van der Waals surface area (Å²) in [5.41, 5.74) is 2.12. The number of thioether (sulfide) groups is 1. The number of hydrogen-bond acceptors (Lipinski definition) is 4. The highest BCUT2D eigenvalue weighted by Gasteiger charge is 2.48. The van der Waals surface area contributed by atoms with E-state index in [4.69, 9.17) is 21.1 Å². The number of nitrogens with one attached hydrogen (secondary N) is 1. The molecule has 1 N–H and O–H groups in total. The maximum atomic E-state index is 12.7. The Morgan fingerprint density at radius 1 is 1.08 bits per heavy atom. The van der Waals surface area contributed by atoms with Gasteiger partial charge >= 0.3 is 0 Å². The molecule has 190 valence electrons. The van der Waals surface area contributed by atoms with Crippen molar-refractivity contribution in [3.63, 3.8) is 0 Å². The number of likely N-dealkylation sites (N-methyl/N-ethyl adjacent to an activating group) is 1. The van der Waals surface area contributed by atoms with E-state index in [9.17, 15) is 4.79 Å². The van der Waals surface area contributed by atoms with Crippen molar-refractivity contribution in [1.82, 2.24) is 5.32 Å². The van der Waals surface area contributed by atoms with Gasteiger partial charge in [0.1, 0.15) is 6.10 Å². The van der Waals surface area contributed by atoms with Crippen LogP contribution in [0.15, 0.2) is 89.8 Å². The predicted molar refractivity (Wildman–Crippen MR) is 147 cm³/mol. The highest BCUT2D eigenvalue weighted by molar-refractivity contribution is 7.98. The van der Waals surface area contributed by atoms with Crippen LogP contribution in [0.2, 0.25) is 5.02 Å². The highest BCUT2D eigenvalue weighted by atomic mass is 35.5. The minimum absolute atomic E-state index is 0.0161. The molecule has 1 aliphatic carbocycles. The van der Waals surface area contributed by atoms with Crippen molar-refractivity contribution in [2.75, 3.05) is 19.9 Å².